The number of hydrogen-bond acceptors (Lipinski definition) is 2. The number of para-hydroxylation sites is 1. The fourth-order valence-corrected chi connectivity index (χ4v) is 2.53. The van der Waals surface area contributed by atoms with Crippen molar-refractivity contribution < 1.29 is 0 Å². The summed E-state index contributed by atoms with van der Waals surface area (Å²) in [4.78, 5) is 4.31. The van der Waals surface area contributed by atoms with Crippen LogP contribution in [-0.4, -0.2) is 14.1 Å². The van der Waals surface area contributed by atoms with Crippen molar-refractivity contribution in [2.24, 2.45) is 14.1 Å². The fraction of sp³-hybridized carbons (Fsp3) is 0.200. The van der Waals surface area contributed by atoms with Crippen LogP contribution in [0, 0.1) is 18.3 Å². The van der Waals surface area contributed by atoms with Gasteiger partial charge < -0.3 is 9.13 Å². The van der Waals surface area contributed by atoms with Crippen LogP contribution in [-0.2, 0) is 14.1 Å². The van der Waals surface area contributed by atoms with Crippen LogP contribution in [0.5, 0.6) is 0 Å². The Hall–Kier alpha value is -2.54. The van der Waals surface area contributed by atoms with E-state index in [0.29, 0.717) is 5.69 Å². The van der Waals surface area contributed by atoms with Gasteiger partial charge in [-0.2, -0.15) is 5.26 Å². The van der Waals surface area contributed by atoms with Crippen molar-refractivity contribution in [2.75, 3.05) is 0 Å². The number of imidazole rings is 1. The van der Waals surface area contributed by atoms with Gasteiger partial charge in [0.05, 0.1) is 5.69 Å². The Morgan fingerprint density at radius 3 is 2.68 bits per heavy atom. The molecule has 0 amide bonds. The molecule has 2 aromatic heterocycles. The summed E-state index contributed by atoms with van der Waals surface area (Å²) in [6.07, 6.45) is 2.06. The van der Waals surface area contributed by atoms with E-state index in [1.165, 1.54) is 0 Å². The van der Waals surface area contributed by atoms with Gasteiger partial charge in [-0.25, -0.2) is 4.98 Å². The van der Waals surface area contributed by atoms with Crippen LogP contribution in [0.4, 0.5) is 0 Å². The maximum atomic E-state index is 9.26. The highest BCUT2D eigenvalue weighted by Gasteiger charge is 2.18. The Bertz CT molecular complexity index is 815. The molecule has 0 radical (unpaired) electrons. The minimum Gasteiger partial charge on any atom is -0.350 e. The summed E-state index contributed by atoms with van der Waals surface area (Å²) in [6, 6.07) is 10.4. The third-order valence-corrected chi connectivity index (χ3v) is 3.58. The predicted molar refractivity (Wildman–Crippen MR) is 74.6 cm³/mol. The van der Waals surface area contributed by atoms with Crippen molar-refractivity contribution in [2.45, 2.75) is 6.92 Å². The zero-order chi connectivity index (χ0) is 13.6. The van der Waals surface area contributed by atoms with Gasteiger partial charge in [0.1, 0.15) is 11.9 Å². The Morgan fingerprint density at radius 1 is 1.21 bits per heavy atom. The van der Waals surface area contributed by atoms with E-state index in [9.17, 15) is 5.26 Å². The van der Waals surface area contributed by atoms with Gasteiger partial charge in [0, 0.05) is 36.8 Å². The van der Waals surface area contributed by atoms with Crippen LogP contribution in [0.2, 0.25) is 0 Å². The Balaban J connectivity index is 2.41. The van der Waals surface area contributed by atoms with Gasteiger partial charge in [0.15, 0.2) is 5.69 Å². The topological polar surface area (TPSA) is 46.5 Å². The second-order valence-corrected chi connectivity index (χ2v) is 4.70. The molecule has 0 N–H and O–H groups in total. The fourth-order valence-electron chi connectivity index (χ4n) is 2.53. The summed E-state index contributed by atoms with van der Waals surface area (Å²) in [5, 5.41) is 10.4. The van der Waals surface area contributed by atoms with E-state index < -0.39 is 0 Å². The first kappa shape index (κ1) is 11.5. The van der Waals surface area contributed by atoms with E-state index >= 15 is 0 Å². The predicted octanol–water partition coefficient (Wildman–Crippen LogP) is 2.76. The lowest BCUT2D eigenvalue weighted by atomic mass is 10.1. The van der Waals surface area contributed by atoms with E-state index in [2.05, 4.69) is 33.9 Å². The quantitative estimate of drug-likeness (QED) is 0.666. The molecule has 94 valence electrons. The van der Waals surface area contributed by atoms with Gasteiger partial charge in [0.2, 0.25) is 0 Å². The summed E-state index contributed by atoms with van der Waals surface area (Å²) in [7, 11) is 3.96. The first-order valence-corrected chi connectivity index (χ1v) is 6.11. The first-order valence-electron chi connectivity index (χ1n) is 6.11. The Labute approximate surface area is 111 Å². The highest BCUT2D eigenvalue weighted by molar-refractivity contribution is 5.96. The van der Waals surface area contributed by atoms with Gasteiger partial charge in [-0.15, -0.1) is 0 Å². The lowest BCUT2D eigenvalue weighted by Gasteiger charge is -2.02. The Kier molecular flexibility index (Phi) is 2.42. The average Bonchev–Trinajstić information content (AvgIpc) is 2.89. The van der Waals surface area contributed by atoms with E-state index in [0.717, 1.165) is 28.0 Å². The number of rotatable bonds is 1. The molecule has 0 fully saturated rings. The van der Waals surface area contributed by atoms with Gasteiger partial charge in [-0.1, -0.05) is 18.2 Å². The number of aromatic nitrogens is 3. The molecule has 0 saturated carbocycles. The summed E-state index contributed by atoms with van der Waals surface area (Å²) in [6.45, 7) is 1.91. The molecule has 1 aromatic carbocycles. The number of nitriles is 1. The summed E-state index contributed by atoms with van der Waals surface area (Å²) in [5.74, 6) is 0.847. The molecule has 0 bridgehead atoms. The summed E-state index contributed by atoms with van der Waals surface area (Å²) >= 11 is 0. The van der Waals surface area contributed by atoms with Crippen molar-refractivity contribution in [3.05, 3.63) is 42.0 Å². The lowest BCUT2D eigenvalue weighted by Crippen LogP contribution is -1.94. The van der Waals surface area contributed by atoms with Crippen LogP contribution in [0.15, 0.2) is 30.5 Å². The number of fused-ring (bicyclic) bond motifs is 1. The van der Waals surface area contributed by atoms with Crippen LogP contribution in [0.1, 0.15) is 11.5 Å². The molecule has 19 heavy (non-hydrogen) atoms. The SMILES string of the molecule is Cc1nc(C#N)c(-c2cn(C)c3ccccc23)n1C. The molecule has 0 unspecified atom stereocenters. The molecule has 0 aliphatic carbocycles. The molecule has 4 heteroatoms. The van der Waals surface area contributed by atoms with Crippen molar-refractivity contribution in [3.8, 4) is 17.3 Å². The van der Waals surface area contributed by atoms with Crippen molar-refractivity contribution in [3.63, 3.8) is 0 Å². The largest absolute Gasteiger partial charge is 0.350 e. The van der Waals surface area contributed by atoms with Gasteiger partial charge in [-0.05, 0) is 13.0 Å². The normalized spacial score (nSPS) is 10.8. The van der Waals surface area contributed by atoms with Crippen molar-refractivity contribution in [1.82, 2.24) is 14.1 Å². The molecule has 2 heterocycles. The monoisotopic (exact) mass is 250 g/mol. The van der Waals surface area contributed by atoms with E-state index in [-0.39, 0.29) is 0 Å². The van der Waals surface area contributed by atoms with Crippen LogP contribution in [0.25, 0.3) is 22.2 Å². The highest BCUT2D eigenvalue weighted by Crippen LogP contribution is 2.32. The number of hydrogen-bond donors (Lipinski definition) is 0. The molecule has 0 spiro atoms. The minimum absolute atomic E-state index is 0.483. The van der Waals surface area contributed by atoms with Crippen LogP contribution < -0.4 is 0 Å². The zero-order valence-corrected chi connectivity index (χ0v) is 11.2. The van der Waals surface area contributed by atoms with E-state index in [1.807, 2.05) is 37.7 Å². The molecule has 0 atom stereocenters. The van der Waals surface area contributed by atoms with Crippen LogP contribution >= 0.6 is 0 Å². The lowest BCUT2D eigenvalue weighted by molar-refractivity contribution is 0.864. The maximum absolute atomic E-state index is 9.26. The van der Waals surface area contributed by atoms with E-state index in [1.54, 1.807) is 0 Å². The smallest absolute Gasteiger partial charge is 0.166 e. The van der Waals surface area contributed by atoms with Crippen molar-refractivity contribution in [1.29, 1.82) is 5.26 Å². The second kappa shape index (κ2) is 3.99. The van der Waals surface area contributed by atoms with Gasteiger partial charge in [0.25, 0.3) is 0 Å². The van der Waals surface area contributed by atoms with Gasteiger partial charge >= 0.3 is 0 Å². The van der Waals surface area contributed by atoms with Gasteiger partial charge in [-0.3, -0.25) is 0 Å². The molecule has 4 nitrogen and oxygen atoms in total. The third-order valence-electron chi connectivity index (χ3n) is 3.58. The zero-order valence-electron chi connectivity index (χ0n) is 11.2. The second-order valence-electron chi connectivity index (χ2n) is 4.70. The van der Waals surface area contributed by atoms with E-state index in [4.69, 9.17) is 0 Å². The number of aryl methyl sites for hydroxylation is 2. The number of nitrogens with zero attached hydrogens (tertiary/aromatic N) is 4. The standard InChI is InChI=1S/C15H14N4/c1-10-17-13(8-16)15(19(10)3)12-9-18(2)14-7-5-4-6-11(12)14/h4-7,9H,1-3H3. The molecular formula is C15H14N4. The Morgan fingerprint density at radius 2 is 1.95 bits per heavy atom. The first-order chi connectivity index (χ1) is 9.13. The third kappa shape index (κ3) is 1.55. The molecule has 0 aliphatic heterocycles. The maximum Gasteiger partial charge on any atom is 0.166 e. The molecule has 3 rings (SSSR count). The highest BCUT2D eigenvalue weighted by atomic mass is 15.1. The van der Waals surface area contributed by atoms with Crippen molar-refractivity contribution >= 4 is 10.9 Å². The summed E-state index contributed by atoms with van der Waals surface area (Å²) in [5.41, 5.74) is 3.58. The molecule has 0 aliphatic rings. The molecule has 3 aromatic rings. The molecular weight excluding hydrogens is 236 g/mol. The number of benzene rings is 1. The summed E-state index contributed by atoms with van der Waals surface area (Å²) < 4.78 is 4.05. The average molecular weight is 250 g/mol. The minimum atomic E-state index is 0.483. The van der Waals surface area contributed by atoms with Crippen LogP contribution in [0.3, 0.4) is 0 Å². The molecule has 0 saturated heterocycles.